The van der Waals surface area contributed by atoms with Gasteiger partial charge in [-0.2, -0.15) is 4.99 Å². The third-order valence-electron chi connectivity index (χ3n) is 3.31. The van der Waals surface area contributed by atoms with Crippen LogP contribution in [0, 0.1) is 0 Å². The van der Waals surface area contributed by atoms with E-state index in [1.54, 1.807) is 23.5 Å². The van der Waals surface area contributed by atoms with Crippen LogP contribution in [-0.2, 0) is 0 Å². The summed E-state index contributed by atoms with van der Waals surface area (Å²) in [7, 11) is 0. The fourth-order valence-electron chi connectivity index (χ4n) is 2.28. The smallest absolute Gasteiger partial charge is 0.223 e. The van der Waals surface area contributed by atoms with Crippen LogP contribution in [0.15, 0.2) is 108 Å². The van der Waals surface area contributed by atoms with Crippen molar-refractivity contribution in [2.45, 2.75) is 19.6 Å². The van der Waals surface area contributed by atoms with Crippen LogP contribution in [0.1, 0.15) is 0 Å². The van der Waals surface area contributed by atoms with Gasteiger partial charge in [-0.05, 0) is 42.5 Å². The normalized spacial score (nSPS) is 11.2. The zero-order chi connectivity index (χ0) is 19.1. The highest BCUT2D eigenvalue weighted by Crippen LogP contribution is 2.36. The Balaban J connectivity index is 1.95. The molecule has 3 rings (SSSR count). The standard InChI is InChI=1S/C20H19N5S2/c21-19(22)25-20(23)24-14-11-17(26-15-7-3-1-4-8-15)13-18(12-14)27-16-9-5-2-6-10-16/h1-13H,(H6,21,22,23,24,25). The average Bonchev–Trinajstić information content (AvgIpc) is 2.62. The highest BCUT2D eigenvalue weighted by atomic mass is 32.2. The number of guanidine groups is 2. The van der Waals surface area contributed by atoms with Gasteiger partial charge in [-0.15, -0.1) is 0 Å². The van der Waals surface area contributed by atoms with Crippen LogP contribution < -0.4 is 17.2 Å². The molecule has 0 amide bonds. The third-order valence-corrected chi connectivity index (χ3v) is 5.27. The second-order valence-corrected chi connectivity index (χ2v) is 7.79. The Bertz CT molecular complexity index is 893. The molecule has 0 atom stereocenters. The molecule has 3 aromatic rings. The topological polar surface area (TPSA) is 103 Å². The quantitative estimate of drug-likeness (QED) is 0.445. The first kappa shape index (κ1) is 18.9. The minimum atomic E-state index is -0.120. The number of benzene rings is 3. The van der Waals surface area contributed by atoms with E-state index in [0.717, 1.165) is 19.6 Å². The zero-order valence-electron chi connectivity index (χ0n) is 14.4. The molecular formula is C20H19N5S2. The van der Waals surface area contributed by atoms with Crippen molar-refractivity contribution < 1.29 is 0 Å². The van der Waals surface area contributed by atoms with E-state index in [1.165, 1.54) is 0 Å². The lowest BCUT2D eigenvalue weighted by molar-refractivity contribution is 1.28. The van der Waals surface area contributed by atoms with Gasteiger partial charge in [-0.25, -0.2) is 4.99 Å². The summed E-state index contributed by atoms with van der Waals surface area (Å²) in [6.45, 7) is 0. The van der Waals surface area contributed by atoms with Crippen molar-refractivity contribution in [2.75, 3.05) is 0 Å². The van der Waals surface area contributed by atoms with Crippen molar-refractivity contribution in [3.8, 4) is 0 Å². The van der Waals surface area contributed by atoms with Crippen LogP contribution in [0.5, 0.6) is 0 Å². The summed E-state index contributed by atoms with van der Waals surface area (Å²) in [4.78, 5) is 12.5. The molecule has 27 heavy (non-hydrogen) atoms. The van der Waals surface area contributed by atoms with Gasteiger partial charge in [-0.3, -0.25) is 0 Å². The summed E-state index contributed by atoms with van der Waals surface area (Å²) < 4.78 is 0. The Morgan fingerprint density at radius 3 is 1.56 bits per heavy atom. The van der Waals surface area contributed by atoms with Gasteiger partial charge in [0.25, 0.3) is 0 Å². The van der Waals surface area contributed by atoms with Crippen LogP contribution >= 0.6 is 23.5 Å². The van der Waals surface area contributed by atoms with E-state index in [4.69, 9.17) is 17.2 Å². The minimum Gasteiger partial charge on any atom is -0.370 e. The van der Waals surface area contributed by atoms with Gasteiger partial charge in [0.15, 0.2) is 5.96 Å². The molecule has 0 saturated carbocycles. The molecule has 7 heteroatoms. The minimum absolute atomic E-state index is 0.0209. The summed E-state index contributed by atoms with van der Waals surface area (Å²) in [5.74, 6) is -0.0996. The number of nitrogens with zero attached hydrogens (tertiary/aromatic N) is 2. The van der Waals surface area contributed by atoms with E-state index in [9.17, 15) is 0 Å². The van der Waals surface area contributed by atoms with Crippen molar-refractivity contribution in [1.29, 1.82) is 0 Å². The molecule has 5 nitrogen and oxygen atoms in total. The Morgan fingerprint density at radius 2 is 1.11 bits per heavy atom. The number of aliphatic imine (C=N–C) groups is 2. The third kappa shape index (κ3) is 6.09. The zero-order valence-corrected chi connectivity index (χ0v) is 16.1. The number of hydrogen-bond donors (Lipinski definition) is 3. The summed E-state index contributed by atoms with van der Waals surface area (Å²) in [6.07, 6.45) is 0. The highest BCUT2D eigenvalue weighted by Gasteiger charge is 2.06. The molecule has 0 radical (unpaired) electrons. The van der Waals surface area contributed by atoms with Crippen molar-refractivity contribution in [2.24, 2.45) is 27.2 Å². The van der Waals surface area contributed by atoms with Crippen molar-refractivity contribution in [3.63, 3.8) is 0 Å². The van der Waals surface area contributed by atoms with Crippen LogP contribution in [0.25, 0.3) is 0 Å². The van der Waals surface area contributed by atoms with Gasteiger partial charge in [0, 0.05) is 19.6 Å². The molecule has 0 saturated heterocycles. The van der Waals surface area contributed by atoms with Gasteiger partial charge in [0.2, 0.25) is 5.96 Å². The van der Waals surface area contributed by atoms with E-state index >= 15 is 0 Å². The van der Waals surface area contributed by atoms with E-state index in [2.05, 4.69) is 40.3 Å². The first-order valence-corrected chi connectivity index (χ1v) is 9.76. The molecule has 136 valence electrons. The molecule has 0 heterocycles. The molecule has 6 N–H and O–H groups in total. The molecule has 0 fully saturated rings. The monoisotopic (exact) mass is 393 g/mol. The average molecular weight is 394 g/mol. The fraction of sp³-hybridized carbons (Fsp3) is 0. The maximum Gasteiger partial charge on any atom is 0.223 e. The Hall–Kier alpha value is -2.90. The van der Waals surface area contributed by atoms with Crippen LogP contribution in [0.4, 0.5) is 5.69 Å². The van der Waals surface area contributed by atoms with Crippen molar-refractivity contribution >= 4 is 41.1 Å². The molecule has 0 aliphatic rings. The van der Waals surface area contributed by atoms with Crippen LogP contribution in [0.3, 0.4) is 0 Å². The van der Waals surface area contributed by atoms with Crippen molar-refractivity contribution in [3.05, 3.63) is 78.9 Å². The Morgan fingerprint density at radius 1 is 0.630 bits per heavy atom. The molecular weight excluding hydrogens is 374 g/mol. The van der Waals surface area contributed by atoms with E-state index in [-0.39, 0.29) is 11.9 Å². The van der Waals surface area contributed by atoms with Gasteiger partial charge in [0.1, 0.15) is 0 Å². The molecule has 0 aromatic heterocycles. The molecule has 0 unspecified atom stereocenters. The van der Waals surface area contributed by atoms with E-state index in [0.29, 0.717) is 5.69 Å². The summed E-state index contributed by atoms with van der Waals surface area (Å²) in [6, 6.07) is 26.4. The van der Waals surface area contributed by atoms with Crippen LogP contribution in [-0.4, -0.2) is 11.9 Å². The second kappa shape index (κ2) is 9.16. The Labute approximate surface area is 166 Å². The lowest BCUT2D eigenvalue weighted by Gasteiger charge is -2.08. The highest BCUT2D eigenvalue weighted by molar-refractivity contribution is 8.00. The summed E-state index contributed by atoms with van der Waals surface area (Å²) in [5, 5.41) is 0. The summed E-state index contributed by atoms with van der Waals surface area (Å²) in [5.41, 5.74) is 17.2. The maximum atomic E-state index is 5.80. The lowest BCUT2D eigenvalue weighted by Crippen LogP contribution is -2.26. The maximum absolute atomic E-state index is 5.80. The van der Waals surface area contributed by atoms with Gasteiger partial charge >= 0.3 is 0 Å². The number of rotatable bonds is 5. The number of nitrogens with two attached hydrogens (primary N) is 3. The molecule has 0 aliphatic heterocycles. The van der Waals surface area contributed by atoms with E-state index < -0.39 is 0 Å². The predicted molar refractivity (Wildman–Crippen MR) is 115 cm³/mol. The fourth-order valence-corrected chi connectivity index (χ4v) is 4.21. The first-order valence-electron chi connectivity index (χ1n) is 8.13. The molecule has 3 aromatic carbocycles. The first-order chi connectivity index (χ1) is 13.1. The van der Waals surface area contributed by atoms with Crippen molar-refractivity contribution in [1.82, 2.24) is 0 Å². The van der Waals surface area contributed by atoms with Gasteiger partial charge in [0.05, 0.1) is 5.69 Å². The predicted octanol–water partition coefficient (Wildman–Crippen LogP) is 4.21. The largest absolute Gasteiger partial charge is 0.370 e. The molecule has 0 aliphatic carbocycles. The van der Waals surface area contributed by atoms with Crippen LogP contribution in [0.2, 0.25) is 0 Å². The second-order valence-electron chi connectivity index (χ2n) is 5.50. The van der Waals surface area contributed by atoms with Gasteiger partial charge < -0.3 is 17.2 Å². The SMILES string of the molecule is NC(N)=NC(N)=Nc1cc(Sc2ccccc2)cc(Sc2ccccc2)c1. The van der Waals surface area contributed by atoms with E-state index in [1.807, 2.05) is 48.5 Å². The number of hydrogen-bond acceptors (Lipinski definition) is 3. The Kier molecular flexibility index (Phi) is 6.40. The molecule has 0 bridgehead atoms. The summed E-state index contributed by atoms with van der Waals surface area (Å²) >= 11 is 3.32. The molecule has 0 spiro atoms. The van der Waals surface area contributed by atoms with Gasteiger partial charge in [-0.1, -0.05) is 59.9 Å². The lowest BCUT2D eigenvalue weighted by atomic mass is 10.3.